The minimum Gasteiger partial charge on any atom is -0.399 e. The van der Waals surface area contributed by atoms with Crippen molar-refractivity contribution in [3.63, 3.8) is 0 Å². The van der Waals surface area contributed by atoms with Gasteiger partial charge >= 0.3 is 0 Å². The molecule has 0 spiro atoms. The maximum atomic E-state index is 5.83. The van der Waals surface area contributed by atoms with Crippen molar-refractivity contribution in [1.82, 2.24) is 9.78 Å². The Kier molecular flexibility index (Phi) is 2.49. The zero-order valence-electron chi connectivity index (χ0n) is 7.93. The van der Waals surface area contributed by atoms with Crippen LogP contribution in [0.15, 0.2) is 42.7 Å². The molecule has 0 saturated carbocycles. The third-order valence-electron chi connectivity index (χ3n) is 2.22. The van der Waals surface area contributed by atoms with E-state index >= 15 is 0 Å². The molecule has 72 valence electrons. The van der Waals surface area contributed by atoms with Crippen molar-refractivity contribution in [2.75, 3.05) is 5.73 Å². The quantitative estimate of drug-likeness (QED) is 0.743. The van der Waals surface area contributed by atoms with Crippen LogP contribution in [0.25, 0.3) is 0 Å². The summed E-state index contributed by atoms with van der Waals surface area (Å²) in [6, 6.07) is 9.87. The van der Waals surface area contributed by atoms with Crippen LogP contribution in [0, 0.1) is 0 Å². The number of benzene rings is 1. The van der Waals surface area contributed by atoms with E-state index in [1.54, 1.807) is 6.20 Å². The molecular weight excluding hydrogens is 174 g/mol. The summed E-state index contributed by atoms with van der Waals surface area (Å²) >= 11 is 0. The lowest BCUT2D eigenvalue weighted by Crippen LogP contribution is -2.03. The predicted octanol–water partition coefficient (Wildman–Crippen LogP) is 1.71. The van der Waals surface area contributed by atoms with Crippen molar-refractivity contribution >= 4 is 5.69 Å². The number of aromatic nitrogens is 2. The molecule has 14 heavy (non-hydrogen) atoms. The molecule has 0 aliphatic rings. The van der Waals surface area contributed by atoms with Gasteiger partial charge in [-0.25, -0.2) is 0 Å². The molecule has 3 nitrogen and oxygen atoms in total. The molecule has 0 radical (unpaired) electrons. The van der Waals surface area contributed by atoms with Gasteiger partial charge in [0, 0.05) is 24.6 Å². The van der Waals surface area contributed by atoms with Crippen LogP contribution >= 0.6 is 0 Å². The molecule has 0 bridgehead atoms. The molecule has 0 saturated heterocycles. The highest BCUT2D eigenvalue weighted by Crippen LogP contribution is 2.11. The van der Waals surface area contributed by atoms with Gasteiger partial charge in [-0.2, -0.15) is 5.10 Å². The van der Waals surface area contributed by atoms with Gasteiger partial charge in [-0.15, -0.1) is 0 Å². The minimum absolute atomic E-state index is 0.861. The van der Waals surface area contributed by atoms with Gasteiger partial charge in [-0.1, -0.05) is 18.2 Å². The first-order valence-corrected chi connectivity index (χ1v) is 4.67. The van der Waals surface area contributed by atoms with Gasteiger partial charge in [0.05, 0.1) is 0 Å². The standard InChI is InChI=1S/C11H13N3/c12-11-5-2-1-4-10(11)6-9-14-8-3-7-13-14/h1-5,7-8H,6,9,12H2. The van der Waals surface area contributed by atoms with E-state index in [9.17, 15) is 0 Å². The highest BCUT2D eigenvalue weighted by molar-refractivity contribution is 5.46. The molecular formula is C11H13N3. The van der Waals surface area contributed by atoms with Crippen LogP contribution < -0.4 is 5.73 Å². The van der Waals surface area contributed by atoms with Crippen LogP contribution in [-0.2, 0) is 13.0 Å². The maximum absolute atomic E-state index is 5.83. The molecule has 1 aromatic heterocycles. The number of aryl methyl sites for hydroxylation is 2. The third-order valence-corrected chi connectivity index (χ3v) is 2.22. The molecule has 2 rings (SSSR count). The molecule has 2 aromatic rings. The van der Waals surface area contributed by atoms with Crippen LogP contribution in [0.4, 0.5) is 5.69 Å². The lowest BCUT2D eigenvalue weighted by atomic mass is 10.1. The molecule has 0 aliphatic carbocycles. The van der Waals surface area contributed by atoms with Crippen LogP contribution in [0.2, 0.25) is 0 Å². The Bertz CT molecular complexity index is 393. The average molecular weight is 187 g/mol. The number of para-hydroxylation sites is 1. The van der Waals surface area contributed by atoms with E-state index in [4.69, 9.17) is 5.73 Å². The number of nitrogens with zero attached hydrogens (tertiary/aromatic N) is 2. The highest BCUT2D eigenvalue weighted by atomic mass is 15.3. The summed E-state index contributed by atoms with van der Waals surface area (Å²) in [4.78, 5) is 0. The van der Waals surface area contributed by atoms with Gasteiger partial charge in [-0.3, -0.25) is 4.68 Å². The third kappa shape index (κ3) is 1.93. The van der Waals surface area contributed by atoms with E-state index in [-0.39, 0.29) is 0 Å². The van der Waals surface area contributed by atoms with E-state index in [0.717, 1.165) is 18.7 Å². The SMILES string of the molecule is Nc1ccccc1CCn1cccn1. The summed E-state index contributed by atoms with van der Waals surface area (Å²) in [7, 11) is 0. The molecule has 0 amide bonds. The molecule has 0 unspecified atom stereocenters. The van der Waals surface area contributed by atoms with Crippen LogP contribution in [-0.4, -0.2) is 9.78 Å². The van der Waals surface area contributed by atoms with Gasteiger partial charge < -0.3 is 5.73 Å². The van der Waals surface area contributed by atoms with E-state index in [2.05, 4.69) is 11.2 Å². The van der Waals surface area contributed by atoms with Crippen molar-refractivity contribution in [2.45, 2.75) is 13.0 Å². The van der Waals surface area contributed by atoms with Gasteiger partial charge in [-0.05, 0) is 24.1 Å². The van der Waals surface area contributed by atoms with Gasteiger partial charge in [0.25, 0.3) is 0 Å². The number of anilines is 1. The summed E-state index contributed by atoms with van der Waals surface area (Å²) < 4.78 is 1.91. The van der Waals surface area contributed by atoms with Crippen LogP contribution in [0.3, 0.4) is 0 Å². The number of hydrogen-bond donors (Lipinski definition) is 1. The van der Waals surface area contributed by atoms with E-state index in [1.165, 1.54) is 5.56 Å². The van der Waals surface area contributed by atoms with Gasteiger partial charge in [0.1, 0.15) is 0 Å². The second kappa shape index (κ2) is 3.96. The number of rotatable bonds is 3. The first kappa shape index (κ1) is 8.81. The number of nitrogens with two attached hydrogens (primary N) is 1. The zero-order chi connectivity index (χ0) is 9.80. The Balaban J connectivity index is 2.02. The molecule has 0 fully saturated rings. The average Bonchev–Trinajstić information content (AvgIpc) is 2.69. The predicted molar refractivity (Wildman–Crippen MR) is 56.8 cm³/mol. The Hall–Kier alpha value is -1.77. The maximum Gasteiger partial charge on any atom is 0.0489 e. The Morgan fingerprint density at radius 2 is 2.07 bits per heavy atom. The Morgan fingerprint density at radius 3 is 2.79 bits per heavy atom. The Morgan fingerprint density at radius 1 is 1.21 bits per heavy atom. The second-order valence-corrected chi connectivity index (χ2v) is 3.22. The van der Waals surface area contributed by atoms with Crippen LogP contribution in [0.1, 0.15) is 5.56 Å². The summed E-state index contributed by atoms with van der Waals surface area (Å²) in [5.74, 6) is 0. The largest absolute Gasteiger partial charge is 0.399 e. The summed E-state index contributed by atoms with van der Waals surface area (Å²) in [5.41, 5.74) is 7.87. The first-order chi connectivity index (χ1) is 6.86. The molecule has 0 aliphatic heterocycles. The van der Waals surface area contributed by atoms with Crippen LogP contribution in [0.5, 0.6) is 0 Å². The van der Waals surface area contributed by atoms with E-state index < -0.39 is 0 Å². The molecule has 2 N–H and O–H groups in total. The fourth-order valence-electron chi connectivity index (χ4n) is 1.43. The van der Waals surface area contributed by atoms with E-state index in [1.807, 2.05) is 35.1 Å². The summed E-state index contributed by atoms with van der Waals surface area (Å²) in [6.07, 6.45) is 4.67. The van der Waals surface area contributed by atoms with Gasteiger partial charge in [0.15, 0.2) is 0 Å². The fraction of sp³-hybridized carbons (Fsp3) is 0.182. The zero-order valence-corrected chi connectivity index (χ0v) is 7.93. The van der Waals surface area contributed by atoms with Crippen molar-refractivity contribution in [1.29, 1.82) is 0 Å². The molecule has 3 heteroatoms. The van der Waals surface area contributed by atoms with Crippen molar-refractivity contribution in [2.24, 2.45) is 0 Å². The smallest absolute Gasteiger partial charge is 0.0489 e. The Labute approximate surface area is 83.2 Å². The van der Waals surface area contributed by atoms with Crippen molar-refractivity contribution in [3.8, 4) is 0 Å². The fourth-order valence-corrected chi connectivity index (χ4v) is 1.43. The number of nitrogen functional groups attached to an aromatic ring is 1. The lowest BCUT2D eigenvalue weighted by Gasteiger charge is -2.04. The molecule has 0 atom stereocenters. The number of hydrogen-bond acceptors (Lipinski definition) is 2. The molecule has 1 aromatic carbocycles. The first-order valence-electron chi connectivity index (χ1n) is 4.67. The monoisotopic (exact) mass is 187 g/mol. The van der Waals surface area contributed by atoms with Crippen molar-refractivity contribution in [3.05, 3.63) is 48.3 Å². The molecule has 1 heterocycles. The highest BCUT2D eigenvalue weighted by Gasteiger charge is 1.97. The normalized spacial score (nSPS) is 10.3. The van der Waals surface area contributed by atoms with Crippen molar-refractivity contribution < 1.29 is 0 Å². The minimum atomic E-state index is 0.861. The van der Waals surface area contributed by atoms with E-state index in [0.29, 0.717) is 0 Å². The van der Waals surface area contributed by atoms with Gasteiger partial charge in [0.2, 0.25) is 0 Å². The lowest BCUT2D eigenvalue weighted by molar-refractivity contribution is 0.615. The summed E-state index contributed by atoms with van der Waals surface area (Å²) in [5, 5.41) is 4.14. The second-order valence-electron chi connectivity index (χ2n) is 3.22. The topological polar surface area (TPSA) is 43.8 Å². The summed E-state index contributed by atoms with van der Waals surface area (Å²) in [6.45, 7) is 0.876.